The molecule has 1 aliphatic heterocycles. The minimum absolute atomic E-state index is 0.558. The fourth-order valence-electron chi connectivity index (χ4n) is 1.22. The first-order valence-corrected chi connectivity index (χ1v) is 3.91. The van der Waals surface area contributed by atoms with Crippen LogP contribution >= 0.6 is 0 Å². The standard InChI is InChI=1S/C8H16N2/c1-7(9-2)8-3-5-10-6-4-8/h3,7,9-10H,4-6H2,1-2H3. The van der Waals surface area contributed by atoms with Gasteiger partial charge in [-0.2, -0.15) is 0 Å². The van der Waals surface area contributed by atoms with Gasteiger partial charge in [0, 0.05) is 12.6 Å². The molecule has 0 aromatic rings. The summed E-state index contributed by atoms with van der Waals surface area (Å²) in [5.74, 6) is 0. The third-order valence-electron chi connectivity index (χ3n) is 2.09. The van der Waals surface area contributed by atoms with Gasteiger partial charge in [0.25, 0.3) is 0 Å². The van der Waals surface area contributed by atoms with Crippen LogP contribution in [0.5, 0.6) is 0 Å². The van der Waals surface area contributed by atoms with Crippen LogP contribution in [-0.2, 0) is 0 Å². The molecule has 58 valence electrons. The van der Waals surface area contributed by atoms with Gasteiger partial charge in [0.1, 0.15) is 0 Å². The molecule has 1 aliphatic rings. The predicted octanol–water partition coefficient (Wildman–Crippen LogP) is 0.514. The highest BCUT2D eigenvalue weighted by Crippen LogP contribution is 2.08. The van der Waals surface area contributed by atoms with Gasteiger partial charge in [-0.3, -0.25) is 0 Å². The Morgan fingerprint density at radius 2 is 2.50 bits per heavy atom. The van der Waals surface area contributed by atoms with E-state index in [0.717, 1.165) is 13.1 Å². The maximum absolute atomic E-state index is 3.29. The molecule has 2 N–H and O–H groups in total. The minimum Gasteiger partial charge on any atom is -0.314 e. The van der Waals surface area contributed by atoms with Gasteiger partial charge in [-0.15, -0.1) is 0 Å². The molecule has 10 heavy (non-hydrogen) atoms. The van der Waals surface area contributed by atoms with Gasteiger partial charge in [-0.25, -0.2) is 0 Å². The summed E-state index contributed by atoms with van der Waals surface area (Å²) in [6, 6.07) is 0.558. The van der Waals surface area contributed by atoms with E-state index in [4.69, 9.17) is 0 Å². The summed E-state index contributed by atoms with van der Waals surface area (Å²) in [5, 5.41) is 6.53. The summed E-state index contributed by atoms with van der Waals surface area (Å²) in [5.41, 5.74) is 1.54. The number of rotatable bonds is 2. The quantitative estimate of drug-likeness (QED) is 0.546. The average molecular weight is 140 g/mol. The normalized spacial score (nSPS) is 22.0. The van der Waals surface area contributed by atoms with E-state index in [-0.39, 0.29) is 0 Å². The molecule has 0 bridgehead atoms. The van der Waals surface area contributed by atoms with Crippen LogP contribution in [0.4, 0.5) is 0 Å². The van der Waals surface area contributed by atoms with E-state index >= 15 is 0 Å². The van der Waals surface area contributed by atoms with Gasteiger partial charge in [0.2, 0.25) is 0 Å². The maximum atomic E-state index is 3.29. The third-order valence-corrected chi connectivity index (χ3v) is 2.09. The molecule has 1 heterocycles. The Hall–Kier alpha value is -0.340. The Labute approximate surface area is 62.7 Å². The average Bonchev–Trinajstić information content (AvgIpc) is 2.05. The van der Waals surface area contributed by atoms with Crippen LogP contribution < -0.4 is 10.6 Å². The highest BCUT2D eigenvalue weighted by Gasteiger charge is 2.07. The molecule has 1 atom stereocenters. The summed E-state index contributed by atoms with van der Waals surface area (Å²) in [6.07, 6.45) is 3.48. The van der Waals surface area contributed by atoms with Crippen LogP contribution in [0.15, 0.2) is 11.6 Å². The van der Waals surface area contributed by atoms with Gasteiger partial charge < -0.3 is 10.6 Å². The second kappa shape index (κ2) is 3.74. The molecule has 2 heteroatoms. The van der Waals surface area contributed by atoms with Crippen LogP contribution in [0.3, 0.4) is 0 Å². The molecule has 0 radical (unpaired) electrons. The Morgan fingerprint density at radius 1 is 1.70 bits per heavy atom. The van der Waals surface area contributed by atoms with Crippen molar-refractivity contribution in [2.24, 2.45) is 0 Å². The number of hydrogen-bond donors (Lipinski definition) is 2. The molecule has 0 spiro atoms. The Kier molecular flexibility index (Phi) is 2.90. The molecule has 0 aliphatic carbocycles. The first-order valence-electron chi connectivity index (χ1n) is 3.91. The second-order valence-corrected chi connectivity index (χ2v) is 2.74. The first-order chi connectivity index (χ1) is 4.84. The number of nitrogens with one attached hydrogen (secondary N) is 2. The van der Waals surface area contributed by atoms with Gasteiger partial charge in [-0.1, -0.05) is 11.6 Å². The molecular weight excluding hydrogens is 124 g/mol. The third kappa shape index (κ3) is 1.82. The van der Waals surface area contributed by atoms with Crippen molar-refractivity contribution in [3.05, 3.63) is 11.6 Å². The van der Waals surface area contributed by atoms with E-state index in [1.54, 1.807) is 5.57 Å². The number of hydrogen-bond acceptors (Lipinski definition) is 2. The lowest BCUT2D eigenvalue weighted by Gasteiger charge is -2.19. The molecule has 0 amide bonds. The lowest BCUT2D eigenvalue weighted by molar-refractivity contribution is 0.609. The Morgan fingerprint density at radius 3 is 3.00 bits per heavy atom. The van der Waals surface area contributed by atoms with E-state index in [9.17, 15) is 0 Å². The zero-order valence-electron chi connectivity index (χ0n) is 6.78. The zero-order chi connectivity index (χ0) is 7.40. The highest BCUT2D eigenvalue weighted by molar-refractivity contribution is 5.12. The van der Waals surface area contributed by atoms with E-state index in [1.165, 1.54) is 6.42 Å². The summed E-state index contributed by atoms with van der Waals surface area (Å²) >= 11 is 0. The SMILES string of the molecule is CNC(C)C1=CCNCC1. The van der Waals surface area contributed by atoms with Gasteiger partial charge in [0.15, 0.2) is 0 Å². The van der Waals surface area contributed by atoms with Crippen molar-refractivity contribution >= 4 is 0 Å². The largest absolute Gasteiger partial charge is 0.314 e. The van der Waals surface area contributed by atoms with E-state index in [2.05, 4.69) is 23.6 Å². The molecule has 2 nitrogen and oxygen atoms in total. The molecule has 1 unspecified atom stereocenters. The Balaban J connectivity index is 2.44. The molecule has 0 aromatic heterocycles. The predicted molar refractivity (Wildman–Crippen MR) is 44.1 cm³/mol. The fraction of sp³-hybridized carbons (Fsp3) is 0.750. The monoisotopic (exact) mass is 140 g/mol. The van der Waals surface area contributed by atoms with Gasteiger partial charge in [-0.05, 0) is 26.9 Å². The summed E-state index contributed by atoms with van der Waals surface area (Å²) in [4.78, 5) is 0. The van der Waals surface area contributed by atoms with Crippen molar-refractivity contribution in [3.8, 4) is 0 Å². The smallest absolute Gasteiger partial charge is 0.0249 e. The lowest BCUT2D eigenvalue weighted by Crippen LogP contribution is -2.30. The summed E-state index contributed by atoms with van der Waals surface area (Å²) < 4.78 is 0. The van der Waals surface area contributed by atoms with E-state index in [1.807, 2.05) is 7.05 Å². The molecule has 0 fully saturated rings. The van der Waals surface area contributed by atoms with Crippen molar-refractivity contribution in [1.82, 2.24) is 10.6 Å². The number of likely N-dealkylation sites (N-methyl/N-ethyl adjacent to an activating group) is 1. The molecule has 1 rings (SSSR count). The van der Waals surface area contributed by atoms with Crippen LogP contribution in [-0.4, -0.2) is 26.2 Å². The van der Waals surface area contributed by atoms with Crippen LogP contribution in [0.1, 0.15) is 13.3 Å². The van der Waals surface area contributed by atoms with Crippen LogP contribution in [0, 0.1) is 0 Å². The van der Waals surface area contributed by atoms with Crippen molar-refractivity contribution in [2.75, 3.05) is 20.1 Å². The maximum Gasteiger partial charge on any atom is 0.0249 e. The topological polar surface area (TPSA) is 24.1 Å². The van der Waals surface area contributed by atoms with Crippen LogP contribution in [0.2, 0.25) is 0 Å². The second-order valence-electron chi connectivity index (χ2n) is 2.74. The minimum atomic E-state index is 0.558. The van der Waals surface area contributed by atoms with Gasteiger partial charge in [0.05, 0.1) is 0 Å². The molecule has 0 aromatic carbocycles. The summed E-state index contributed by atoms with van der Waals surface area (Å²) in [7, 11) is 2.01. The van der Waals surface area contributed by atoms with Gasteiger partial charge >= 0.3 is 0 Å². The fourth-order valence-corrected chi connectivity index (χ4v) is 1.22. The van der Waals surface area contributed by atoms with Crippen molar-refractivity contribution < 1.29 is 0 Å². The van der Waals surface area contributed by atoms with E-state index in [0.29, 0.717) is 6.04 Å². The molecule has 0 saturated carbocycles. The van der Waals surface area contributed by atoms with Crippen molar-refractivity contribution in [1.29, 1.82) is 0 Å². The van der Waals surface area contributed by atoms with Crippen LogP contribution in [0.25, 0.3) is 0 Å². The molecule has 0 saturated heterocycles. The lowest BCUT2D eigenvalue weighted by atomic mass is 10.0. The molecular formula is C8H16N2. The Bertz CT molecular complexity index is 129. The van der Waals surface area contributed by atoms with Crippen molar-refractivity contribution in [2.45, 2.75) is 19.4 Å². The summed E-state index contributed by atoms with van der Waals surface area (Å²) in [6.45, 7) is 4.39. The first kappa shape index (κ1) is 7.76. The highest BCUT2D eigenvalue weighted by atomic mass is 14.9. The zero-order valence-corrected chi connectivity index (χ0v) is 6.78. The van der Waals surface area contributed by atoms with E-state index < -0.39 is 0 Å². The van der Waals surface area contributed by atoms with Crippen molar-refractivity contribution in [3.63, 3.8) is 0 Å².